The van der Waals surface area contributed by atoms with E-state index in [1.54, 1.807) is 0 Å². The highest BCUT2D eigenvalue weighted by molar-refractivity contribution is 5.98. The summed E-state index contributed by atoms with van der Waals surface area (Å²) in [6.45, 7) is 2.79. The molecule has 3 N–H and O–H groups in total. The van der Waals surface area contributed by atoms with Gasteiger partial charge in [-0.2, -0.15) is 0 Å². The molecule has 0 aliphatic rings. The van der Waals surface area contributed by atoms with Crippen molar-refractivity contribution in [2.45, 2.75) is 13.5 Å². The van der Waals surface area contributed by atoms with Crippen molar-refractivity contribution < 1.29 is 5.21 Å². The molecule has 104 valence electrons. The van der Waals surface area contributed by atoms with Crippen LogP contribution in [0.15, 0.2) is 53.7 Å². The van der Waals surface area contributed by atoms with Crippen molar-refractivity contribution in [3.05, 3.63) is 65.2 Å². The molecule has 0 spiro atoms. The Morgan fingerprint density at radius 3 is 2.50 bits per heavy atom. The monoisotopic (exact) mass is 269 g/mol. The zero-order valence-corrected chi connectivity index (χ0v) is 11.7. The number of hydrogen-bond donors (Lipinski definition) is 2. The van der Waals surface area contributed by atoms with Gasteiger partial charge in [0.1, 0.15) is 0 Å². The van der Waals surface area contributed by atoms with Crippen LogP contribution in [0.3, 0.4) is 0 Å². The predicted octanol–water partition coefficient (Wildman–Crippen LogP) is 2.73. The SMILES string of the molecule is Cc1cc(N(C)Cc2ccccc2)ccc1/C(N)=N/O. The zero-order chi connectivity index (χ0) is 14.5. The highest BCUT2D eigenvalue weighted by atomic mass is 16.4. The molecule has 4 nitrogen and oxygen atoms in total. The van der Waals surface area contributed by atoms with E-state index in [1.165, 1.54) is 5.56 Å². The first-order valence-electron chi connectivity index (χ1n) is 6.45. The van der Waals surface area contributed by atoms with Gasteiger partial charge in [0.05, 0.1) is 0 Å². The van der Waals surface area contributed by atoms with Crippen molar-refractivity contribution >= 4 is 11.5 Å². The van der Waals surface area contributed by atoms with Crippen LogP contribution in [0.1, 0.15) is 16.7 Å². The van der Waals surface area contributed by atoms with Gasteiger partial charge in [-0.1, -0.05) is 35.5 Å². The van der Waals surface area contributed by atoms with Crippen molar-refractivity contribution in [3.63, 3.8) is 0 Å². The normalized spacial score (nSPS) is 11.4. The summed E-state index contributed by atoms with van der Waals surface area (Å²) in [5.41, 5.74) is 9.72. The van der Waals surface area contributed by atoms with Crippen molar-refractivity contribution in [3.8, 4) is 0 Å². The Balaban J connectivity index is 2.19. The Morgan fingerprint density at radius 1 is 1.20 bits per heavy atom. The van der Waals surface area contributed by atoms with Gasteiger partial charge in [0.2, 0.25) is 0 Å². The molecule has 2 aromatic rings. The van der Waals surface area contributed by atoms with Crippen molar-refractivity contribution in [2.24, 2.45) is 10.9 Å². The van der Waals surface area contributed by atoms with Gasteiger partial charge in [-0.25, -0.2) is 0 Å². The predicted molar refractivity (Wildman–Crippen MR) is 82.2 cm³/mol. The third-order valence-corrected chi connectivity index (χ3v) is 3.30. The van der Waals surface area contributed by atoms with E-state index in [1.807, 2.05) is 50.4 Å². The summed E-state index contributed by atoms with van der Waals surface area (Å²) >= 11 is 0. The molecule has 0 amide bonds. The first-order valence-corrected chi connectivity index (χ1v) is 6.45. The second-order valence-corrected chi connectivity index (χ2v) is 4.83. The van der Waals surface area contributed by atoms with Crippen LogP contribution in [-0.4, -0.2) is 18.1 Å². The van der Waals surface area contributed by atoms with Crippen molar-refractivity contribution in [1.82, 2.24) is 0 Å². The highest BCUT2D eigenvalue weighted by Crippen LogP contribution is 2.20. The number of benzene rings is 2. The summed E-state index contributed by atoms with van der Waals surface area (Å²) in [6, 6.07) is 16.2. The maximum absolute atomic E-state index is 8.74. The first-order chi connectivity index (χ1) is 9.61. The fourth-order valence-corrected chi connectivity index (χ4v) is 2.18. The summed E-state index contributed by atoms with van der Waals surface area (Å²) in [4.78, 5) is 2.17. The Bertz CT molecular complexity index is 608. The number of oxime groups is 1. The summed E-state index contributed by atoms with van der Waals surface area (Å²) in [6.07, 6.45) is 0. The molecule has 0 fully saturated rings. The third-order valence-electron chi connectivity index (χ3n) is 3.30. The van der Waals surface area contributed by atoms with Crippen LogP contribution in [0.5, 0.6) is 0 Å². The van der Waals surface area contributed by atoms with E-state index in [-0.39, 0.29) is 5.84 Å². The summed E-state index contributed by atoms with van der Waals surface area (Å²) in [7, 11) is 2.05. The number of amidine groups is 1. The molecular formula is C16H19N3O. The van der Waals surface area contributed by atoms with Crippen LogP contribution >= 0.6 is 0 Å². The quantitative estimate of drug-likeness (QED) is 0.388. The summed E-state index contributed by atoms with van der Waals surface area (Å²) in [5.74, 6) is 0.139. The fourth-order valence-electron chi connectivity index (χ4n) is 2.18. The third kappa shape index (κ3) is 3.09. The Hall–Kier alpha value is -2.49. The van der Waals surface area contributed by atoms with Crippen LogP contribution in [0.2, 0.25) is 0 Å². The minimum atomic E-state index is 0.139. The maximum Gasteiger partial charge on any atom is 0.170 e. The second-order valence-electron chi connectivity index (χ2n) is 4.83. The number of nitrogens with zero attached hydrogens (tertiary/aromatic N) is 2. The molecule has 0 unspecified atom stereocenters. The molecule has 0 saturated carbocycles. The van der Waals surface area contributed by atoms with Gasteiger partial charge in [-0.15, -0.1) is 0 Å². The lowest BCUT2D eigenvalue weighted by Crippen LogP contribution is -2.18. The summed E-state index contributed by atoms with van der Waals surface area (Å²) < 4.78 is 0. The smallest absolute Gasteiger partial charge is 0.170 e. The average Bonchev–Trinajstić information content (AvgIpc) is 2.47. The van der Waals surface area contributed by atoms with Gasteiger partial charge in [-0.05, 0) is 36.2 Å². The molecule has 0 radical (unpaired) electrons. The standard InChI is InChI=1S/C16H19N3O/c1-12-10-14(8-9-15(12)16(17)18-20)19(2)11-13-6-4-3-5-7-13/h3-10,20H,11H2,1-2H3,(H2,17,18). The van der Waals surface area contributed by atoms with Gasteiger partial charge < -0.3 is 15.8 Å². The van der Waals surface area contributed by atoms with E-state index in [2.05, 4.69) is 22.2 Å². The van der Waals surface area contributed by atoms with Crippen molar-refractivity contribution in [1.29, 1.82) is 0 Å². The van der Waals surface area contributed by atoms with Crippen LogP contribution < -0.4 is 10.6 Å². The lowest BCUT2D eigenvalue weighted by atomic mass is 10.1. The lowest BCUT2D eigenvalue weighted by molar-refractivity contribution is 0.318. The van der Waals surface area contributed by atoms with E-state index >= 15 is 0 Å². The highest BCUT2D eigenvalue weighted by Gasteiger charge is 2.07. The van der Waals surface area contributed by atoms with Gasteiger partial charge in [0.15, 0.2) is 5.84 Å². The molecule has 0 aliphatic heterocycles. The molecule has 0 heterocycles. The van der Waals surface area contributed by atoms with E-state index in [0.717, 1.165) is 23.4 Å². The average molecular weight is 269 g/mol. The number of anilines is 1. The molecule has 0 bridgehead atoms. The molecule has 0 saturated heterocycles. The van der Waals surface area contributed by atoms with Gasteiger partial charge in [0.25, 0.3) is 0 Å². The van der Waals surface area contributed by atoms with E-state index < -0.39 is 0 Å². The number of rotatable bonds is 4. The van der Waals surface area contributed by atoms with Crippen LogP contribution in [0.4, 0.5) is 5.69 Å². The maximum atomic E-state index is 8.74. The lowest BCUT2D eigenvalue weighted by Gasteiger charge is -2.20. The molecule has 0 atom stereocenters. The Kier molecular flexibility index (Phi) is 4.25. The van der Waals surface area contributed by atoms with Crippen LogP contribution in [0.25, 0.3) is 0 Å². The first kappa shape index (κ1) is 13.9. The molecule has 0 aromatic heterocycles. The topological polar surface area (TPSA) is 61.8 Å². The molecule has 0 aliphatic carbocycles. The molecule has 20 heavy (non-hydrogen) atoms. The Morgan fingerprint density at radius 2 is 1.90 bits per heavy atom. The van der Waals surface area contributed by atoms with E-state index in [4.69, 9.17) is 10.9 Å². The fraction of sp³-hybridized carbons (Fsp3) is 0.188. The number of aryl methyl sites for hydroxylation is 1. The number of nitrogens with two attached hydrogens (primary N) is 1. The zero-order valence-electron chi connectivity index (χ0n) is 11.7. The Labute approximate surface area is 119 Å². The number of hydrogen-bond acceptors (Lipinski definition) is 3. The molecule has 2 rings (SSSR count). The van der Waals surface area contributed by atoms with E-state index in [0.29, 0.717) is 0 Å². The second kappa shape index (κ2) is 6.10. The molecular weight excluding hydrogens is 250 g/mol. The van der Waals surface area contributed by atoms with Crippen molar-refractivity contribution in [2.75, 3.05) is 11.9 Å². The van der Waals surface area contributed by atoms with Crippen LogP contribution in [-0.2, 0) is 6.54 Å². The summed E-state index contributed by atoms with van der Waals surface area (Å²) in [5, 5.41) is 11.8. The minimum Gasteiger partial charge on any atom is -0.409 e. The van der Waals surface area contributed by atoms with Gasteiger partial charge >= 0.3 is 0 Å². The minimum absolute atomic E-state index is 0.139. The van der Waals surface area contributed by atoms with Crippen LogP contribution in [0, 0.1) is 6.92 Å². The van der Waals surface area contributed by atoms with Gasteiger partial charge in [0, 0.05) is 24.8 Å². The van der Waals surface area contributed by atoms with E-state index in [9.17, 15) is 0 Å². The van der Waals surface area contributed by atoms with Gasteiger partial charge in [-0.3, -0.25) is 0 Å². The molecule has 4 heteroatoms. The largest absolute Gasteiger partial charge is 0.409 e. The molecule has 2 aromatic carbocycles.